The lowest BCUT2D eigenvalue weighted by Crippen LogP contribution is -2.53. The van der Waals surface area contributed by atoms with E-state index in [1.54, 1.807) is 5.57 Å². The van der Waals surface area contributed by atoms with Gasteiger partial charge in [-0.05, 0) is 43.1 Å². The van der Waals surface area contributed by atoms with Crippen LogP contribution >= 0.6 is 0 Å². The first-order valence-corrected chi connectivity index (χ1v) is 8.58. The Kier molecular flexibility index (Phi) is 3.32. The van der Waals surface area contributed by atoms with Crippen molar-refractivity contribution in [1.82, 2.24) is 15.5 Å². The molecule has 0 bridgehead atoms. The highest BCUT2D eigenvalue weighted by atomic mass is 15.3. The van der Waals surface area contributed by atoms with Crippen molar-refractivity contribution in [1.29, 1.82) is 0 Å². The second-order valence-electron chi connectivity index (χ2n) is 7.08. The molecule has 4 N–H and O–H groups in total. The molecule has 0 aromatic rings. The van der Waals surface area contributed by atoms with Crippen molar-refractivity contribution >= 4 is 5.96 Å². The number of rotatable bonds is 1. The van der Waals surface area contributed by atoms with Crippen molar-refractivity contribution in [3.05, 3.63) is 11.4 Å². The Hall–Kier alpha value is -1.23. The first-order valence-electron chi connectivity index (χ1n) is 8.58. The predicted octanol–water partition coefficient (Wildman–Crippen LogP) is 1.13. The summed E-state index contributed by atoms with van der Waals surface area (Å²) in [6.07, 6.45) is 9.27. The summed E-state index contributed by atoms with van der Waals surface area (Å²) < 4.78 is 0. The van der Waals surface area contributed by atoms with E-state index in [1.165, 1.54) is 50.8 Å². The second kappa shape index (κ2) is 5.20. The minimum absolute atomic E-state index is 0.347. The van der Waals surface area contributed by atoms with Gasteiger partial charge in [0.05, 0.1) is 6.04 Å². The fourth-order valence-electron chi connectivity index (χ4n) is 4.88. The van der Waals surface area contributed by atoms with Crippen molar-refractivity contribution < 1.29 is 0 Å². The molecule has 0 radical (unpaired) electrons. The first kappa shape index (κ1) is 13.4. The van der Waals surface area contributed by atoms with Gasteiger partial charge in [-0.2, -0.15) is 0 Å². The standard InChI is InChI=1S/C16H27N5/c17-15-19-13-12(4-3-7-16(13)5-1-2-6-16)14(20-15)21-10-8-18-9-11-21/h13,18H,1-11H2,(H3,17,19,20). The Bertz CT molecular complexity index is 469. The minimum atomic E-state index is 0.347. The Morgan fingerprint density at radius 3 is 2.57 bits per heavy atom. The van der Waals surface area contributed by atoms with E-state index in [4.69, 9.17) is 10.7 Å². The number of aliphatic imine (C=N–C) groups is 1. The third-order valence-corrected chi connectivity index (χ3v) is 5.88. The molecule has 4 rings (SSSR count). The van der Waals surface area contributed by atoms with Gasteiger partial charge in [-0.3, -0.25) is 0 Å². The number of hydrogen-bond acceptors (Lipinski definition) is 5. The van der Waals surface area contributed by atoms with E-state index in [9.17, 15) is 0 Å². The van der Waals surface area contributed by atoms with Gasteiger partial charge in [0.25, 0.3) is 0 Å². The number of nitrogens with zero attached hydrogens (tertiary/aromatic N) is 2. The lowest BCUT2D eigenvalue weighted by atomic mass is 9.66. The zero-order valence-corrected chi connectivity index (χ0v) is 12.8. The van der Waals surface area contributed by atoms with Gasteiger partial charge in [-0.15, -0.1) is 0 Å². The number of fused-ring (bicyclic) bond motifs is 2. The van der Waals surface area contributed by atoms with Crippen molar-refractivity contribution in [2.75, 3.05) is 26.2 Å². The van der Waals surface area contributed by atoms with E-state index in [1.807, 2.05) is 0 Å². The summed E-state index contributed by atoms with van der Waals surface area (Å²) in [6, 6.07) is 0.347. The van der Waals surface area contributed by atoms with E-state index in [-0.39, 0.29) is 0 Å². The summed E-state index contributed by atoms with van der Waals surface area (Å²) in [5.74, 6) is 1.92. The minimum Gasteiger partial charge on any atom is -0.370 e. The molecule has 0 aromatic heterocycles. The fraction of sp³-hybridized carbons (Fsp3) is 0.812. The number of nitrogens with two attached hydrogens (primary N) is 1. The molecule has 4 aliphatic rings. The van der Waals surface area contributed by atoms with Gasteiger partial charge in [0.2, 0.25) is 0 Å². The zero-order chi connectivity index (χ0) is 14.3. The summed E-state index contributed by atoms with van der Waals surface area (Å²) >= 11 is 0. The maximum atomic E-state index is 6.15. The summed E-state index contributed by atoms with van der Waals surface area (Å²) in [7, 11) is 0. The van der Waals surface area contributed by atoms with Crippen LogP contribution < -0.4 is 16.4 Å². The average molecular weight is 289 g/mol. The van der Waals surface area contributed by atoms with Crippen LogP contribution in [-0.2, 0) is 0 Å². The molecule has 3 fully saturated rings. The van der Waals surface area contributed by atoms with E-state index in [0.29, 0.717) is 17.4 Å². The molecule has 2 aliphatic heterocycles. The molecule has 116 valence electrons. The quantitative estimate of drug-likeness (QED) is 0.677. The molecular formula is C16H27N5. The van der Waals surface area contributed by atoms with Crippen LogP contribution in [0.15, 0.2) is 16.4 Å². The van der Waals surface area contributed by atoms with Gasteiger partial charge < -0.3 is 21.3 Å². The maximum Gasteiger partial charge on any atom is 0.194 e. The number of piperazine rings is 1. The highest BCUT2D eigenvalue weighted by Gasteiger charge is 2.47. The van der Waals surface area contributed by atoms with Crippen LogP contribution in [0, 0.1) is 5.41 Å². The molecule has 1 atom stereocenters. The van der Waals surface area contributed by atoms with Gasteiger partial charge >= 0.3 is 0 Å². The monoisotopic (exact) mass is 289 g/mol. The van der Waals surface area contributed by atoms with E-state index in [2.05, 4.69) is 15.5 Å². The molecule has 1 spiro atoms. The van der Waals surface area contributed by atoms with Crippen molar-refractivity contribution in [2.45, 2.75) is 51.0 Å². The van der Waals surface area contributed by atoms with Crippen LogP contribution in [0.4, 0.5) is 0 Å². The molecule has 5 nitrogen and oxygen atoms in total. The van der Waals surface area contributed by atoms with Gasteiger partial charge in [-0.25, -0.2) is 4.99 Å². The lowest BCUT2D eigenvalue weighted by Gasteiger charge is -2.46. The smallest absolute Gasteiger partial charge is 0.194 e. The highest BCUT2D eigenvalue weighted by Crippen LogP contribution is 2.53. The van der Waals surface area contributed by atoms with Gasteiger partial charge in [0.1, 0.15) is 5.82 Å². The first-order chi connectivity index (χ1) is 10.3. The SMILES string of the molecule is NC1=NC2C(=C(N3CCNCC3)N1)CCCC21CCCC1. The predicted molar refractivity (Wildman–Crippen MR) is 84.8 cm³/mol. The van der Waals surface area contributed by atoms with Crippen LogP contribution in [0.25, 0.3) is 0 Å². The normalized spacial score (nSPS) is 31.9. The molecule has 2 saturated carbocycles. The Morgan fingerprint density at radius 2 is 1.81 bits per heavy atom. The average Bonchev–Trinajstić information content (AvgIpc) is 2.98. The van der Waals surface area contributed by atoms with Crippen LogP contribution in [0.5, 0.6) is 0 Å². The lowest BCUT2D eigenvalue weighted by molar-refractivity contribution is 0.186. The maximum absolute atomic E-state index is 6.15. The van der Waals surface area contributed by atoms with E-state index < -0.39 is 0 Å². The van der Waals surface area contributed by atoms with Crippen molar-refractivity contribution in [3.8, 4) is 0 Å². The molecule has 21 heavy (non-hydrogen) atoms. The molecule has 5 heteroatoms. The van der Waals surface area contributed by atoms with Crippen LogP contribution in [0.3, 0.4) is 0 Å². The van der Waals surface area contributed by atoms with E-state index in [0.717, 1.165) is 26.2 Å². The Balaban J connectivity index is 1.70. The molecule has 1 unspecified atom stereocenters. The molecule has 0 amide bonds. The third-order valence-electron chi connectivity index (χ3n) is 5.88. The molecular weight excluding hydrogens is 262 g/mol. The van der Waals surface area contributed by atoms with Crippen LogP contribution in [0.1, 0.15) is 44.9 Å². The molecule has 1 saturated heterocycles. The zero-order valence-electron chi connectivity index (χ0n) is 12.8. The number of nitrogens with one attached hydrogen (secondary N) is 2. The van der Waals surface area contributed by atoms with Gasteiger partial charge in [0.15, 0.2) is 5.96 Å². The highest BCUT2D eigenvalue weighted by molar-refractivity contribution is 5.81. The number of hydrogen-bond donors (Lipinski definition) is 3. The van der Waals surface area contributed by atoms with Crippen molar-refractivity contribution in [2.24, 2.45) is 16.1 Å². The topological polar surface area (TPSA) is 65.7 Å². The van der Waals surface area contributed by atoms with E-state index >= 15 is 0 Å². The van der Waals surface area contributed by atoms with Crippen LogP contribution in [0.2, 0.25) is 0 Å². The summed E-state index contributed by atoms with van der Waals surface area (Å²) in [6.45, 7) is 4.26. The second-order valence-corrected chi connectivity index (χ2v) is 7.08. The largest absolute Gasteiger partial charge is 0.370 e. The fourth-order valence-corrected chi connectivity index (χ4v) is 4.88. The van der Waals surface area contributed by atoms with Gasteiger partial charge in [0, 0.05) is 26.2 Å². The summed E-state index contributed by atoms with van der Waals surface area (Å²) in [5.41, 5.74) is 8.11. The Morgan fingerprint density at radius 1 is 1.10 bits per heavy atom. The molecule has 2 aliphatic carbocycles. The Labute approximate surface area is 127 Å². The third kappa shape index (κ3) is 2.22. The summed E-state index contributed by atoms with van der Waals surface area (Å²) in [5, 5.41) is 6.83. The van der Waals surface area contributed by atoms with Crippen LogP contribution in [-0.4, -0.2) is 43.1 Å². The summed E-state index contributed by atoms with van der Waals surface area (Å²) in [4.78, 5) is 7.35. The van der Waals surface area contributed by atoms with Crippen molar-refractivity contribution in [3.63, 3.8) is 0 Å². The van der Waals surface area contributed by atoms with Gasteiger partial charge in [-0.1, -0.05) is 12.8 Å². The number of guanidine groups is 1. The molecule has 2 heterocycles. The molecule has 0 aromatic carbocycles.